The van der Waals surface area contributed by atoms with E-state index in [4.69, 9.17) is 9.47 Å². The highest BCUT2D eigenvalue weighted by atomic mass is 16.5. The number of rotatable bonds is 7. The average Bonchev–Trinajstić information content (AvgIpc) is 2.72. The topological polar surface area (TPSA) is 62.2 Å². The normalized spacial score (nSPS) is 15.9. The van der Waals surface area contributed by atoms with Gasteiger partial charge in [-0.25, -0.2) is 0 Å². The Morgan fingerprint density at radius 3 is 2.43 bits per heavy atom. The third-order valence-corrected chi connectivity index (χ3v) is 4.90. The summed E-state index contributed by atoms with van der Waals surface area (Å²) in [5, 5.41) is 10.3. The zero-order valence-corrected chi connectivity index (χ0v) is 16.5. The van der Waals surface area contributed by atoms with E-state index in [9.17, 15) is 9.90 Å². The lowest BCUT2D eigenvalue weighted by molar-refractivity contribution is 0.0403. The van der Waals surface area contributed by atoms with Gasteiger partial charge < -0.3 is 19.5 Å². The molecule has 28 heavy (non-hydrogen) atoms. The van der Waals surface area contributed by atoms with Crippen molar-refractivity contribution in [2.24, 2.45) is 0 Å². The third-order valence-electron chi connectivity index (χ3n) is 4.90. The highest BCUT2D eigenvalue weighted by Gasteiger charge is 2.23. The quantitative estimate of drug-likeness (QED) is 0.793. The van der Waals surface area contributed by atoms with Crippen molar-refractivity contribution in [2.45, 2.75) is 13.0 Å². The Kier molecular flexibility index (Phi) is 6.90. The van der Waals surface area contributed by atoms with E-state index in [2.05, 4.69) is 4.90 Å². The van der Waals surface area contributed by atoms with Gasteiger partial charge in [-0.2, -0.15) is 0 Å². The number of ether oxygens (including phenoxy) is 2. The minimum Gasteiger partial charge on any atom is -0.497 e. The number of aliphatic hydroxyl groups is 1. The molecule has 1 amide bonds. The number of carbonyl (C=O) groups excluding carboxylic acids is 1. The van der Waals surface area contributed by atoms with Gasteiger partial charge in [0.2, 0.25) is 0 Å². The predicted octanol–water partition coefficient (Wildman–Crippen LogP) is 2.20. The van der Waals surface area contributed by atoms with Crippen LogP contribution >= 0.6 is 0 Å². The lowest BCUT2D eigenvalue weighted by atomic mass is 10.1. The van der Waals surface area contributed by atoms with Crippen LogP contribution in [0.5, 0.6) is 11.5 Å². The Labute approximate surface area is 166 Å². The number of benzene rings is 2. The molecule has 0 saturated carbocycles. The Hall–Kier alpha value is -2.57. The second-order valence-electron chi connectivity index (χ2n) is 7.10. The summed E-state index contributed by atoms with van der Waals surface area (Å²) >= 11 is 0. The van der Waals surface area contributed by atoms with E-state index in [-0.39, 0.29) is 12.5 Å². The Balaban J connectivity index is 1.42. The van der Waals surface area contributed by atoms with Crippen LogP contribution in [0.15, 0.2) is 48.5 Å². The van der Waals surface area contributed by atoms with Crippen molar-refractivity contribution in [1.82, 2.24) is 9.80 Å². The molecule has 3 rings (SSSR count). The molecule has 1 heterocycles. The molecule has 6 heteroatoms. The summed E-state index contributed by atoms with van der Waals surface area (Å²) in [5.41, 5.74) is 1.80. The molecule has 0 aliphatic carbocycles. The van der Waals surface area contributed by atoms with E-state index in [1.165, 1.54) is 0 Å². The summed E-state index contributed by atoms with van der Waals surface area (Å²) in [6.45, 7) is 5.58. The highest BCUT2D eigenvalue weighted by Crippen LogP contribution is 2.15. The zero-order chi connectivity index (χ0) is 19.9. The fourth-order valence-corrected chi connectivity index (χ4v) is 3.30. The van der Waals surface area contributed by atoms with Gasteiger partial charge in [-0.15, -0.1) is 0 Å². The number of methoxy groups -OCH3 is 1. The summed E-state index contributed by atoms with van der Waals surface area (Å²) in [4.78, 5) is 16.6. The molecular weight excluding hydrogens is 356 g/mol. The van der Waals surface area contributed by atoms with Crippen LogP contribution in [0.2, 0.25) is 0 Å². The van der Waals surface area contributed by atoms with Crippen LogP contribution in [0.4, 0.5) is 0 Å². The minimum atomic E-state index is -0.565. The van der Waals surface area contributed by atoms with Crippen LogP contribution in [0, 0.1) is 6.92 Å². The molecule has 2 aromatic carbocycles. The molecule has 1 N–H and O–H groups in total. The summed E-state index contributed by atoms with van der Waals surface area (Å²) in [7, 11) is 1.61. The van der Waals surface area contributed by atoms with Crippen LogP contribution in [0.3, 0.4) is 0 Å². The molecule has 0 aromatic heterocycles. The van der Waals surface area contributed by atoms with Gasteiger partial charge in [0.1, 0.15) is 24.2 Å². The summed E-state index contributed by atoms with van der Waals surface area (Å²) in [6.07, 6.45) is -0.565. The molecule has 6 nitrogen and oxygen atoms in total. The first kappa shape index (κ1) is 20.2. The number of carbonyl (C=O) groups is 1. The average molecular weight is 384 g/mol. The monoisotopic (exact) mass is 384 g/mol. The molecule has 0 spiro atoms. The second kappa shape index (κ2) is 9.57. The van der Waals surface area contributed by atoms with Gasteiger partial charge in [-0.05, 0) is 48.9 Å². The SMILES string of the molecule is COc1ccc(C(=O)N2CCN(C[C@@H](O)COc3cccc(C)c3)CC2)cc1. The smallest absolute Gasteiger partial charge is 0.253 e. The standard InChI is InChI=1S/C22H28N2O4/c1-17-4-3-5-21(14-17)28-16-19(25)15-23-10-12-24(13-11-23)22(26)18-6-8-20(27-2)9-7-18/h3-9,14,19,25H,10-13,15-16H2,1-2H3/t19-/m1/s1. The summed E-state index contributed by atoms with van der Waals surface area (Å²) < 4.78 is 10.8. The number of hydrogen-bond donors (Lipinski definition) is 1. The molecule has 1 fully saturated rings. The van der Waals surface area contributed by atoms with Gasteiger partial charge in [0.05, 0.1) is 7.11 Å². The van der Waals surface area contributed by atoms with Gasteiger partial charge in [0.15, 0.2) is 0 Å². The van der Waals surface area contributed by atoms with Gasteiger partial charge in [0.25, 0.3) is 5.91 Å². The minimum absolute atomic E-state index is 0.0330. The number of hydrogen-bond acceptors (Lipinski definition) is 5. The number of aliphatic hydroxyl groups excluding tert-OH is 1. The van der Waals surface area contributed by atoms with Crippen LogP contribution < -0.4 is 9.47 Å². The predicted molar refractivity (Wildman–Crippen MR) is 108 cm³/mol. The molecule has 1 aliphatic rings. The van der Waals surface area contributed by atoms with Crippen molar-refractivity contribution in [3.05, 3.63) is 59.7 Å². The van der Waals surface area contributed by atoms with Crippen molar-refractivity contribution >= 4 is 5.91 Å². The van der Waals surface area contributed by atoms with Crippen LogP contribution in [0.25, 0.3) is 0 Å². The molecule has 1 aliphatic heterocycles. The molecule has 0 bridgehead atoms. The highest BCUT2D eigenvalue weighted by molar-refractivity contribution is 5.94. The molecule has 2 aromatic rings. The van der Waals surface area contributed by atoms with E-state index < -0.39 is 6.10 Å². The molecule has 1 atom stereocenters. The van der Waals surface area contributed by atoms with Crippen molar-refractivity contribution in [3.63, 3.8) is 0 Å². The van der Waals surface area contributed by atoms with Crippen molar-refractivity contribution in [2.75, 3.05) is 46.4 Å². The fraction of sp³-hybridized carbons (Fsp3) is 0.409. The molecular formula is C22H28N2O4. The molecule has 150 valence electrons. The maximum Gasteiger partial charge on any atom is 0.253 e. The lowest BCUT2D eigenvalue weighted by Crippen LogP contribution is -2.50. The van der Waals surface area contributed by atoms with Gasteiger partial charge in [-0.1, -0.05) is 12.1 Å². The number of piperazine rings is 1. The van der Waals surface area contributed by atoms with E-state index in [0.29, 0.717) is 25.2 Å². The van der Waals surface area contributed by atoms with Crippen molar-refractivity contribution in [3.8, 4) is 11.5 Å². The number of amides is 1. The number of nitrogens with zero attached hydrogens (tertiary/aromatic N) is 2. The van der Waals surface area contributed by atoms with E-state index in [1.807, 2.05) is 36.1 Å². The van der Waals surface area contributed by atoms with Crippen LogP contribution in [-0.4, -0.2) is 73.4 Å². The van der Waals surface area contributed by atoms with Crippen molar-refractivity contribution in [1.29, 1.82) is 0 Å². The molecule has 0 radical (unpaired) electrons. The van der Waals surface area contributed by atoms with E-state index >= 15 is 0 Å². The Morgan fingerprint density at radius 2 is 1.79 bits per heavy atom. The third kappa shape index (κ3) is 5.47. The zero-order valence-electron chi connectivity index (χ0n) is 16.5. The fourth-order valence-electron chi connectivity index (χ4n) is 3.30. The largest absolute Gasteiger partial charge is 0.497 e. The second-order valence-corrected chi connectivity index (χ2v) is 7.10. The van der Waals surface area contributed by atoms with E-state index in [0.717, 1.165) is 30.2 Å². The maximum absolute atomic E-state index is 12.6. The summed E-state index contributed by atoms with van der Waals surface area (Å²) in [6, 6.07) is 15.0. The number of aryl methyl sites for hydroxylation is 1. The van der Waals surface area contributed by atoms with Crippen LogP contribution in [-0.2, 0) is 0 Å². The van der Waals surface area contributed by atoms with E-state index in [1.54, 1.807) is 31.4 Å². The van der Waals surface area contributed by atoms with Gasteiger partial charge >= 0.3 is 0 Å². The first-order valence-electron chi connectivity index (χ1n) is 9.58. The Morgan fingerprint density at radius 1 is 1.07 bits per heavy atom. The summed E-state index contributed by atoms with van der Waals surface area (Å²) in [5.74, 6) is 1.54. The Bertz CT molecular complexity index is 770. The van der Waals surface area contributed by atoms with Gasteiger partial charge in [0, 0.05) is 38.3 Å². The molecule has 0 unspecified atom stereocenters. The molecule has 1 saturated heterocycles. The maximum atomic E-state index is 12.6. The van der Waals surface area contributed by atoms with Crippen LogP contribution in [0.1, 0.15) is 15.9 Å². The first-order valence-corrected chi connectivity index (χ1v) is 9.58. The van der Waals surface area contributed by atoms with Gasteiger partial charge in [-0.3, -0.25) is 9.69 Å². The number of β-amino-alcohol motifs (C(OH)–C–C–N with tert-alkyl or cyclic N) is 1. The van der Waals surface area contributed by atoms with Crippen molar-refractivity contribution < 1.29 is 19.4 Å². The lowest BCUT2D eigenvalue weighted by Gasteiger charge is -2.35. The first-order chi connectivity index (χ1) is 13.5.